The van der Waals surface area contributed by atoms with Gasteiger partial charge in [-0.2, -0.15) is 0 Å². The van der Waals surface area contributed by atoms with Crippen LogP contribution in [0.4, 0.5) is 0 Å². The first-order valence-corrected chi connectivity index (χ1v) is 9.31. The van der Waals surface area contributed by atoms with E-state index in [9.17, 15) is 8.42 Å². The van der Waals surface area contributed by atoms with Crippen molar-refractivity contribution < 1.29 is 13.5 Å². The van der Waals surface area contributed by atoms with Gasteiger partial charge in [-0.3, -0.25) is 4.90 Å². The van der Waals surface area contributed by atoms with Crippen molar-refractivity contribution in [3.8, 4) is 0 Å². The van der Waals surface area contributed by atoms with E-state index in [0.29, 0.717) is 12.1 Å². The van der Waals surface area contributed by atoms with E-state index in [2.05, 4.69) is 16.5 Å². The minimum atomic E-state index is -3.45. The molecular formula is C13H22N2O3S2. The summed E-state index contributed by atoms with van der Waals surface area (Å²) in [7, 11) is -3.45. The number of sulfonamides is 1. The first-order valence-electron chi connectivity index (χ1n) is 6.95. The second kappa shape index (κ2) is 7.00. The lowest BCUT2D eigenvalue weighted by molar-refractivity contribution is 0.175. The van der Waals surface area contributed by atoms with Crippen molar-refractivity contribution in [1.82, 2.24) is 9.62 Å². The van der Waals surface area contributed by atoms with Crippen molar-refractivity contribution in [3.05, 3.63) is 17.0 Å². The van der Waals surface area contributed by atoms with Crippen LogP contribution in [0, 0.1) is 0 Å². The molecule has 1 fully saturated rings. The van der Waals surface area contributed by atoms with Gasteiger partial charge in [0.05, 0.1) is 6.61 Å². The van der Waals surface area contributed by atoms with Crippen LogP contribution in [0.1, 0.15) is 31.7 Å². The molecule has 1 aliphatic heterocycles. The Bertz CT molecular complexity index is 521. The molecule has 1 saturated heterocycles. The number of nitrogens with one attached hydrogen (secondary N) is 1. The summed E-state index contributed by atoms with van der Waals surface area (Å²) in [5.41, 5.74) is 0.638. The maximum absolute atomic E-state index is 12.1. The average molecular weight is 318 g/mol. The van der Waals surface area contributed by atoms with Crippen LogP contribution >= 0.6 is 11.3 Å². The molecule has 0 spiro atoms. The fourth-order valence-electron chi connectivity index (χ4n) is 2.37. The standard InChI is InChI=1S/C13H22N2O3S2/c1-11(15-5-3-2-4-6-15)8-14-20(17,18)13-7-12(9-16)10-19-13/h7,10-11,14,16H,2-6,8-9H2,1H3. The van der Waals surface area contributed by atoms with Gasteiger partial charge < -0.3 is 5.11 Å². The lowest BCUT2D eigenvalue weighted by atomic mass is 10.1. The third-order valence-electron chi connectivity index (χ3n) is 3.66. The van der Waals surface area contributed by atoms with Gasteiger partial charge in [-0.1, -0.05) is 6.42 Å². The molecule has 114 valence electrons. The van der Waals surface area contributed by atoms with Crippen LogP contribution in [0.3, 0.4) is 0 Å². The molecule has 1 aromatic rings. The zero-order valence-corrected chi connectivity index (χ0v) is 13.3. The molecular weight excluding hydrogens is 296 g/mol. The Hall–Kier alpha value is -0.470. The quantitative estimate of drug-likeness (QED) is 0.832. The van der Waals surface area contributed by atoms with Crippen LogP contribution in [-0.4, -0.2) is 44.1 Å². The number of piperidine rings is 1. The summed E-state index contributed by atoms with van der Waals surface area (Å²) in [6.07, 6.45) is 3.66. The van der Waals surface area contributed by atoms with Crippen molar-refractivity contribution in [2.24, 2.45) is 0 Å². The van der Waals surface area contributed by atoms with E-state index in [1.54, 1.807) is 5.38 Å². The maximum Gasteiger partial charge on any atom is 0.250 e. The van der Waals surface area contributed by atoms with Crippen molar-refractivity contribution in [3.63, 3.8) is 0 Å². The van der Waals surface area contributed by atoms with Gasteiger partial charge in [-0.05, 0) is 49.9 Å². The third-order valence-corrected chi connectivity index (χ3v) is 6.57. The van der Waals surface area contributed by atoms with Gasteiger partial charge in [0.15, 0.2) is 0 Å². The molecule has 0 aromatic carbocycles. The molecule has 1 aliphatic rings. The molecule has 1 aromatic heterocycles. The molecule has 2 N–H and O–H groups in total. The van der Waals surface area contributed by atoms with Crippen LogP contribution in [-0.2, 0) is 16.6 Å². The van der Waals surface area contributed by atoms with Crippen molar-refractivity contribution in [2.75, 3.05) is 19.6 Å². The number of aliphatic hydroxyl groups excluding tert-OH is 1. The Labute approximate surface area is 124 Å². The third kappa shape index (κ3) is 4.02. The van der Waals surface area contributed by atoms with Crippen LogP contribution < -0.4 is 4.72 Å². The van der Waals surface area contributed by atoms with Crippen LogP contribution in [0.5, 0.6) is 0 Å². The number of thiophene rings is 1. The first kappa shape index (κ1) is 15.9. The van der Waals surface area contributed by atoms with Crippen molar-refractivity contribution in [2.45, 2.75) is 43.0 Å². The van der Waals surface area contributed by atoms with Gasteiger partial charge in [0.25, 0.3) is 0 Å². The van der Waals surface area contributed by atoms with Gasteiger partial charge in [0.1, 0.15) is 4.21 Å². The van der Waals surface area contributed by atoms with E-state index in [1.165, 1.54) is 25.3 Å². The van der Waals surface area contributed by atoms with Crippen molar-refractivity contribution in [1.29, 1.82) is 0 Å². The first-order chi connectivity index (χ1) is 9.53. The topological polar surface area (TPSA) is 69.6 Å². The highest BCUT2D eigenvalue weighted by atomic mass is 32.2. The molecule has 0 radical (unpaired) electrons. The lowest BCUT2D eigenvalue weighted by Gasteiger charge is -2.32. The van der Waals surface area contributed by atoms with Gasteiger partial charge >= 0.3 is 0 Å². The minimum absolute atomic E-state index is 0.129. The van der Waals surface area contributed by atoms with E-state index in [0.717, 1.165) is 24.4 Å². The zero-order valence-electron chi connectivity index (χ0n) is 11.7. The molecule has 0 saturated carbocycles. The second-order valence-corrected chi connectivity index (χ2v) is 8.13. The molecule has 5 nitrogen and oxygen atoms in total. The summed E-state index contributed by atoms with van der Waals surface area (Å²) in [5.74, 6) is 0. The number of aliphatic hydroxyl groups is 1. The van der Waals surface area contributed by atoms with E-state index < -0.39 is 10.0 Å². The van der Waals surface area contributed by atoms with Gasteiger partial charge in [-0.25, -0.2) is 13.1 Å². The van der Waals surface area contributed by atoms with E-state index in [-0.39, 0.29) is 16.9 Å². The normalized spacial score (nSPS) is 19.1. The van der Waals surface area contributed by atoms with Crippen LogP contribution in [0.15, 0.2) is 15.7 Å². The monoisotopic (exact) mass is 318 g/mol. The highest BCUT2D eigenvalue weighted by Gasteiger charge is 2.21. The Morgan fingerprint density at radius 2 is 2.10 bits per heavy atom. The summed E-state index contributed by atoms with van der Waals surface area (Å²) in [4.78, 5) is 2.33. The number of nitrogens with zero attached hydrogens (tertiary/aromatic N) is 1. The highest BCUT2D eigenvalue weighted by Crippen LogP contribution is 2.20. The fraction of sp³-hybridized carbons (Fsp3) is 0.692. The summed E-state index contributed by atoms with van der Waals surface area (Å²) in [5, 5.41) is 10.7. The molecule has 2 rings (SSSR count). The summed E-state index contributed by atoms with van der Waals surface area (Å²) in [6, 6.07) is 1.74. The fourth-order valence-corrected chi connectivity index (χ4v) is 4.73. The van der Waals surface area contributed by atoms with Gasteiger partial charge in [0, 0.05) is 12.6 Å². The Balaban J connectivity index is 1.91. The van der Waals surface area contributed by atoms with Crippen molar-refractivity contribution >= 4 is 21.4 Å². The molecule has 1 atom stereocenters. The Kier molecular flexibility index (Phi) is 5.57. The summed E-state index contributed by atoms with van der Waals surface area (Å²) >= 11 is 1.14. The molecule has 0 aliphatic carbocycles. The molecule has 2 heterocycles. The maximum atomic E-state index is 12.1. The predicted molar refractivity (Wildman–Crippen MR) is 80.3 cm³/mol. The number of rotatable bonds is 6. The highest BCUT2D eigenvalue weighted by molar-refractivity contribution is 7.91. The van der Waals surface area contributed by atoms with E-state index >= 15 is 0 Å². The predicted octanol–water partition coefficient (Wildman–Crippen LogP) is 1.39. The zero-order chi connectivity index (χ0) is 14.6. The SMILES string of the molecule is CC(CNS(=O)(=O)c1cc(CO)cs1)N1CCCCC1. The van der Waals surface area contributed by atoms with Gasteiger partial charge in [0.2, 0.25) is 10.0 Å². The number of hydrogen-bond acceptors (Lipinski definition) is 5. The van der Waals surface area contributed by atoms with Gasteiger partial charge in [-0.15, -0.1) is 11.3 Å². The Morgan fingerprint density at radius 3 is 2.70 bits per heavy atom. The average Bonchev–Trinajstić information content (AvgIpc) is 2.95. The van der Waals surface area contributed by atoms with E-state index in [4.69, 9.17) is 5.11 Å². The summed E-state index contributed by atoms with van der Waals surface area (Å²) < 4.78 is 27.2. The second-order valence-electron chi connectivity index (χ2n) is 5.23. The largest absolute Gasteiger partial charge is 0.392 e. The molecule has 7 heteroatoms. The molecule has 0 bridgehead atoms. The smallest absolute Gasteiger partial charge is 0.250 e. The Morgan fingerprint density at radius 1 is 1.40 bits per heavy atom. The lowest BCUT2D eigenvalue weighted by Crippen LogP contribution is -2.44. The van der Waals surface area contributed by atoms with Crippen LogP contribution in [0.2, 0.25) is 0 Å². The number of hydrogen-bond donors (Lipinski definition) is 2. The van der Waals surface area contributed by atoms with E-state index in [1.807, 2.05) is 0 Å². The molecule has 0 amide bonds. The number of likely N-dealkylation sites (tertiary alicyclic amines) is 1. The summed E-state index contributed by atoms with van der Waals surface area (Å²) in [6.45, 7) is 4.46. The molecule has 20 heavy (non-hydrogen) atoms. The van der Waals surface area contributed by atoms with Crippen LogP contribution in [0.25, 0.3) is 0 Å². The minimum Gasteiger partial charge on any atom is -0.392 e. The molecule has 1 unspecified atom stereocenters.